The summed E-state index contributed by atoms with van der Waals surface area (Å²) >= 11 is 0. The zero-order valence-electron chi connectivity index (χ0n) is 20.9. The molecule has 8 nitrogen and oxygen atoms in total. The molecule has 0 saturated carbocycles. The Morgan fingerprint density at radius 2 is 1.71 bits per heavy atom. The van der Waals surface area contributed by atoms with E-state index in [9.17, 15) is 8.42 Å². The van der Waals surface area contributed by atoms with Gasteiger partial charge in [0.15, 0.2) is 0 Å². The topological polar surface area (TPSA) is 70.9 Å². The second-order valence-corrected chi connectivity index (χ2v) is 11.4. The maximum atomic E-state index is 13.1. The van der Waals surface area contributed by atoms with Crippen molar-refractivity contribution in [2.75, 3.05) is 57.4 Å². The molecule has 188 valence electrons. The smallest absolute Gasteiger partial charge is 0.243 e. The Bertz CT molecular complexity index is 1310. The van der Waals surface area contributed by atoms with Crippen LogP contribution in [-0.4, -0.2) is 79.7 Å². The van der Waals surface area contributed by atoms with Crippen molar-refractivity contribution in [3.63, 3.8) is 0 Å². The first-order valence-corrected chi connectivity index (χ1v) is 13.9. The number of aromatic nitrogens is 2. The van der Waals surface area contributed by atoms with E-state index in [1.165, 1.54) is 21.1 Å². The molecule has 0 N–H and O–H groups in total. The summed E-state index contributed by atoms with van der Waals surface area (Å²) in [4.78, 5) is 10.1. The van der Waals surface area contributed by atoms with Crippen LogP contribution >= 0.6 is 0 Å². The van der Waals surface area contributed by atoms with Crippen molar-refractivity contribution >= 4 is 26.7 Å². The minimum atomic E-state index is -3.54. The minimum Gasteiger partial charge on any atom is -0.379 e. The number of nitrogens with zero attached hydrogens (tertiary/aromatic N) is 5. The van der Waals surface area contributed by atoms with Crippen LogP contribution in [0.25, 0.3) is 11.0 Å². The molecule has 0 radical (unpaired) electrons. The monoisotopic (exact) mass is 497 g/mol. The Morgan fingerprint density at radius 1 is 0.971 bits per heavy atom. The van der Waals surface area contributed by atoms with E-state index in [0.717, 1.165) is 56.1 Å². The van der Waals surface area contributed by atoms with Crippen molar-refractivity contribution in [1.29, 1.82) is 0 Å². The zero-order chi connectivity index (χ0) is 24.6. The second kappa shape index (κ2) is 9.89. The summed E-state index contributed by atoms with van der Waals surface area (Å²) in [7, 11) is -3.54. The number of sulfonamides is 1. The molecule has 3 aromatic rings. The highest BCUT2D eigenvalue weighted by molar-refractivity contribution is 7.89. The lowest BCUT2D eigenvalue weighted by molar-refractivity contribution is 0.0730. The minimum absolute atomic E-state index is 0.307. The molecule has 2 saturated heterocycles. The maximum Gasteiger partial charge on any atom is 0.243 e. The highest BCUT2D eigenvalue weighted by Gasteiger charge is 2.27. The number of imidazole rings is 1. The molecule has 0 amide bonds. The van der Waals surface area contributed by atoms with Crippen LogP contribution in [0.15, 0.2) is 41.3 Å². The summed E-state index contributed by atoms with van der Waals surface area (Å²) in [6.07, 6.45) is 0. The Balaban J connectivity index is 1.33. The van der Waals surface area contributed by atoms with Gasteiger partial charge >= 0.3 is 0 Å². The molecular weight excluding hydrogens is 462 g/mol. The number of rotatable bonds is 6. The third-order valence-corrected chi connectivity index (χ3v) is 9.27. The van der Waals surface area contributed by atoms with Crippen LogP contribution in [0.2, 0.25) is 0 Å². The molecule has 35 heavy (non-hydrogen) atoms. The van der Waals surface area contributed by atoms with Crippen LogP contribution in [0.1, 0.15) is 23.9 Å². The van der Waals surface area contributed by atoms with Crippen LogP contribution < -0.4 is 4.90 Å². The largest absolute Gasteiger partial charge is 0.379 e. The van der Waals surface area contributed by atoms with Crippen molar-refractivity contribution in [2.45, 2.75) is 38.8 Å². The van der Waals surface area contributed by atoms with E-state index in [2.05, 4.69) is 53.3 Å². The van der Waals surface area contributed by atoms with Gasteiger partial charge in [0.25, 0.3) is 0 Å². The number of morpholine rings is 1. The molecule has 9 heteroatoms. The molecule has 5 rings (SSSR count). The highest BCUT2D eigenvalue weighted by Crippen LogP contribution is 2.26. The standard InChI is InChI=1S/C26H35N5O3S/c1-4-31-25-9-8-22(35(32,33)30-14-16-34-17-15-30)18-23(25)27-26(31)19-28-10-12-29(13-11-28)24-7-5-6-20(2)21(24)3/h5-9,18H,4,10-17,19H2,1-3H3. The Hall–Kier alpha value is -2.46. The van der Waals surface area contributed by atoms with Gasteiger partial charge in [-0.2, -0.15) is 4.31 Å². The first kappa shape index (κ1) is 24.2. The van der Waals surface area contributed by atoms with E-state index in [1.54, 1.807) is 12.1 Å². The van der Waals surface area contributed by atoms with Crippen LogP contribution in [0.5, 0.6) is 0 Å². The van der Waals surface area contributed by atoms with Gasteiger partial charge in [0.1, 0.15) is 5.82 Å². The predicted molar refractivity (Wildman–Crippen MR) is 138 cm³/mol. The van der Waals surface area contributed by atoms with Crippen LogP contribution in [0.3, 0.4) is 0 Å². The maximum absolute atomic E-state index is 13.1. The molecule has 1 aromatic heterocycles. The van der Waals surface area contributed by atoms with E-state index in [-0.39, 0.29) is 0 Å². The molecule has 2 aliphatic rings. The quantitative estimate of drug-likeness (QED) is 0.522. The SMILES string of the molecule is CCn1c(CN2CCN(c3cccc(C)c3C)CC2)nc2cc(S(=O)(=O)N3CCOCC3)ccc21. The number of benzene rings is 2. The number of piperazine rings is 1. The average molecular weight is 498 g/mol. The third-order valence-electron chi connectivity index (χ3n) is 7.38. The second-order valence-electron chi connectivity index (χ2n) is 9.42. The van der Waals surface area contributed by atoms with Crippen molar-refractivity contribution in [3.8, 4) is 0 Å². The van der Waals surface area contributed by atoms with E-state index >= 15 is 0 Å². The number of hydrogen-bond acceptors (Lipinski definition) is 6. The molecule has 0 atom stereocenters. The first-order valence-electron chi connectivity index (χ1n) is 12.5. The van der Waals surface area contributed by atoms with Gasteiger partial charge in [0, 0.05) is 51.5 Å². The summed E-state index contributed by atoms with van der Waals surface area (Å²) in [6.45, 7) is 13.6. The first-order chi connectivity index (χ1) is 16.9. The fourth-order valence-corrected chi connectivity index (χ4v) is 6.58. The molecule has 2 aliphatic heterocycles. The van der Waals surface area contributed by atoms with E-state index in [0.29, 0.717) is 31.2 Å². The predicted octanol–water partition coefficient (Wildman–Crippen LogP) is 3.02. The molecule has 0 aliphatic carbocycles. The normalized spacial score (nSPS) is 18.4. The van der Waals surface area contributed by atoms with Gasteiger partial charge in [0.05, 0.1) is 35.7 Å². The Labute approximate surface area is 208 Å². The van der Waals surface area contributed by atoms with Crippen molar-refractivity contribution in [2.24, 2.45) is 0 Å². The van der Waals surface area contributed by atoms with Gasteiger partial charge in [-0.25, -0.2) is 13.4 Å². The average Bonchev–Trinajstić information content (AvgIpc) is 3.23. The molecule has 0 spiro atoms. The summed E-state index contributed by atoms with van der Waals surface area (Å²) in [5.41, 5.74) is 5.75. The van der Waals surface area contributed by atoms with Crippen LogP contribution in [-0.2, 0) is 27.8 Å². The summed E-state index contributed by atoms with van der Waals surface area (Å²) in [5.74, 6) is 0.989. The summed E-state index contributed by atoms with van der Waals surface area (Å²) in [5, 5.41) is 0. The molecule has 0 bridgehead atoms. The lowest BCUT2D eigenvalue weighted by atomic mass is 10.1. The van der Waals surface area contributed by atoms with Crippen LogP contribution in [0, 0.1) is 13.8 Å². The number of fused-ring (bicyclic) bond motifs is 1. The van der Waals surface area contributed by atoms with E-state index in [4.69, 9.17) is 9.72 Å². The number of hydrogen-bond donors (Lipinski definition) is 0. The fourth-order valence-electron chi connectivity index (χ4n) is 5.15. The Kier molecular flexibility index (Phi) is 6.85. The van der Waals surface area contributed by atoms with Crippen molar-refractivity contribution < 1.29 is 13.2 Å². The van der Waals surface area contributed by atoms with Gasteiger partial charge in [-0.3, -0.25) is 4.90 Å². The van der Waals surface area contributed by atoms with Crippen molar-refractivity contribution in [1.82, 2.24) is 18.8 Å². The van der Waals surface area contributed by atoms with Gasteiger partial charge in [-0.05, 0) is 56.2 Å². The fraction of sp³-hybridized carbons (Fsp3) is 0.500. The number of anilines is 1. The molecule has 2 aromatic carbocycles. The van der Waals surface area contributed by atoms with Crippen LogP contribution in [0.4, 0.5) is 5.69 Å². The van der Waals surface area contributed by atoms with E-state index in [1.807, 2.05) is 6.07 Å². The van der Waals surface area contributed by atoms with Gasteiger partial charge in [-0.15, -0.1) is 0 Å². The molecule has 0 unspecified atom stereocenters. The lowest BCUT2D eigenvalue weighted by Crippen LogP contribution is -2.46. The summed E-state index contributed by atoms with van der Waals surface area (Å²) in [6, 6.07) is 11.9. The van der Waals surface area contributed by atoms with E-state index < -0.39 is 10.0 Å². The molecule has 2 fully saturated rings. The molecule has 3 heterocycles. The highest BCUT2D eigenvalue weighted by atomic mass is 32.2. The molecular formula is C26H35N5O3S. The van der Waals surface area contributed by atoms with Crippen molar-refractivity contribution in [3.05, 3.63) is 53.3 Å². The zero-order valence-corrected chi connectivity index (χ0v) is 21.7. The number of ether oxygens (including phenoxy) is 1. The third kappa shape index (κ3) is 4.70. The number of aryl methyl sites for hydroxylation is 2. The van der Waals surface area contributed by atoms with Gasteiger partial charge in [0.2, 0.25) is 10.0 Å². The van der Waals surface area contributed by atoms with Gasteiger partial charge < -0.3 is 14.2 Å². The van der Waals surface area contributed by atoms with Gasteiger partial charge in [-0.1, -0.05) is 12.1 Å². The Morgan fingerprint density at radius 3 is 2.43 bits per heavy atom. The summed E-state index contributed by atoms with van der Waals surface area (Å²) < 4.78 is 35.3. The lowest BCUT2D eigenvalue weighted by Gasteiger charge is -2.37.